The van der Waals surface area contributed by atoms with Crippen LogP contribution >= 0.6 is 11.6 Å². The van der Waals surface area contributed by atoms with Gasteiger partial charge in [0.1, 0.15) is 10.9 Å². The Bertz CT molecular complexity index is 482. The zero-order valence-corrected chi connectivity index (χ0v) is 10.7. The largest absolute Gasteiger partial charge is 0.469 e. The highest BCUT2D eigenvalue weighted by atomic mass is 35.5. The van der Waals surface area contributed by atoms with Gasteiger partial charge in [-0.15, -0.1) is 0 Å². The monoisotopic (exact) mass is 250 g/mol. The number of hydrogen-bond acceptors (Lipinski definition) is 3. The van der Waals surface area contributed by atoms with Gasteiger partial charge in [0.05, 0.1) is 18.1 Å². The van der Waals surface area contributed by atoms with Crippen LogP contribution in [0.3, 0.4) is 0 Å². The van der Waals surface area contributed by atoms with Crippen molar-refractivity contribution >= 4 is 17.3 Å². The van der Waals surface area contributed by atoms with Crippen molar-refractivity contribution in [1.82, 2.24) is 4.98 Å². The normalized spacial score (nSPS) is 12.4. The van der Waals surface area contributed by atoms with Crippen LogP contribution in [0, 0.1) is 6.92 Å². The number of halogens is 1. The fourth-order valence-electron chi connectivity index (χ4n) is 1.70. The molecule has 2 aromatic rings. The number of anilines is 1. The predicted octanol–water partition coefficient (Wildman–Crippen LogP) is 3.68. The average Bonchev–Trinajstić information content (AvgIpc) is 2.76. The van der Waals surface area contributed by atoms with Gasteiger partial charge in [-0.25, -0.2) is 4.98 Å². The van der Waals surface area contributed by atoms with Crippen molar-refractivity contribution in [2.24, 2.45) is 0 Å². The van der Waals surface area contributed by atoms with Gasteiger partial charge in [-0.2, -0.15) is 0 Å². The molecule has 0 amide bonds. The minimum Gasteiger partial charge on any atom is -0.469 e. The van der Waals surface area contributed by atoms with Crippen LogP contribution in [0.25, 0.3) is 0 Å². The molecule has 0 saturated heterocycles. The van der Waals surface area contributed by atoms with Gasteiger partial charge >= 0.3 is 0 Å². The number of aryl methyl sites for hydroxylation is 1. The number of nitrogens with zero attached hydrogens (tertiary/aromatic N) is 1. The summed E-state index contributed by atoms with van der Waals surface area (Å²) >= 11 is 5.88. The number of rotatable bonds is 4. The Morgan fingerprint density at radius 1 is 1.53 bits per heavy atom. The average molecular weight is 251 g/mol. The molecule has 0 aromatic carbocycles. The summed E-state index contributed by atoms with van der Waals surface area (Å²) in [5.41, 5.74) is 1.95. The molecule has 2 aromatic heterocycles. The Hall–Kier alpha value is -1.48. The zero-order chi connectivity index (χ0) is 12.3. The Morgan fingerprint density at radius 2 is 2.35 bits per heavy atom. The Balaban J connectivity index is 1.98. The summed E-state index contributed by atoms with van der Waals surface area (Å²) < 4.78 is 5.31. The van der Waals surface area contributed by atoms with E-state index in [1.807, 2.05) is 25.1 Å². The molecule has 0 aliphatic carbocycles. The van der Waals surface area contributed by atoms with Gasteiger partial charge in [-0.1, -0.05) is 11.6 Å². The number of nitrogens with one attached hydrogen (secondary N) is 1. The number of aromatic nitrogens is 1. The van der Waals surface area contributed by atoms with Crippen LogP contribution < -0.4 is 5.32 Å². The van der Waals surface area contributed by atoms with E-state index in [0.29, 0.717) is 5.15 Å². The molecule has 0 fully saturated rings. The molecular weight excluding hydrogens is 236 g/mol. The molecule has 0 aliphatic rings. The molecule has 0 saturated carbocycles. The maximum Gasteiger partial charge on any atom is 0.132 e. The summed E-state index contributed by atoms with van der Waals surface area (Å²) in [5.74, 6) is 0.976. The summed E-state index contributed by atoms with van der Waals surface area (Å²) in [6, 6.07) is 6.15. The van der Waals surface area contributed by atoms with Crippen LogP contribution in [0.2, 0.25) is 5.15 Å². The van der Waals surface area contributed by atoms with Crippen LogP contribution in [-0.4, -0.2) is 11.0 Å². The van der Waals surface area contributed by atoms with Crippen molar-refractivity contribution < 1.29 is 4.42 Å². The van der Waals surface area contributed by atoms with E-state index in [9.17, 15) is 0 Å². The van der Waals surface area contributed by atoms with Crippen molar-refractivity contribution in [3.63, 3.8) is 0 Å². The minimum atomic E-state index is 0.281. The molecule has 90 valence electrons. The second-order valence-electron chi connectivity index (χ2n) is 4.16. The van der Waals surface area contributed by atoms with Gasteiger partial charge in [0, 0.05) is 12.5 Å². The highest BCUT2D eigenvalue weighted by Gasteiger charge is 2.06. The highest BCUT2D eigenvalue weighted by Crippen LogP contribution is 2.17. The zero-order valence-electron chi connectivity index (χ0n) is 9.90. The molecular formula is C13H15ClN2O. The lowest BCUT2D eigenvalue weighted by molar-refractivity contribution is 0.498. The number of hydrogen-bond donors (Lipinski definition) is 1. The molecule has 17 heavy (non-hydrogen) atoms. The van der Waals surface area contributed by atoms with Gasteiger partial charge in [-0.3, -0.25) is 0 Å². The van der Waals surface area contributed by atoms with Crippen molar-refractivity contribution in [1.29, 1.82) is 0 Å². The smallest absolute Gasteiger partial charge is 0.132 e. The van der Waals surface area contributed by atoms with E-state index in [4.69, 9.17) is 16.0 Å². The second-order valence-corrected chi connectivity index (χ2v) is 4.52. The quantitative estimate of drug-likeness (QED) is 0.842. The molecule has 0 aliphatic heterocycles. The van der Waals surface area contributed by atoms with Crippen molar-refractivity contribution in [3.8, 4) is 0 Å². The van der Waals surface area contributed by atoms with E-state index in [1.165, 1.54) is 0 Å². The lowest BCUT2D eigenvalue weighted by Crippen LogP contribution is -2.17. The first-order valence-corrected chi connectivity index (χ1v) is 5.94. The van der Waals surface area contributed by atoms with Crippen LogP contribution in [-0.2, 0) is 6.42 Å². The van der Waals surface area contributed by atoms with E-state index >= 15 is 0 Å². The van der Waals surface area contributed by atoms with Gasteiger partial charge < -0.3 is 9.73 Å². The van der Waals surface area contributed by atoms with E-state index in [-0.39, 0.29) is 6.04 Å². The molecule has 1 atom stereocenters. The minimum absolute atomic E-state index is 0.281. The van der Waals surface area contributed by atoms with Crippen LogP contribution in [0.15, 0.2) is 35.1 Å². The maximum absolute atomic E-state index is 5.88. The lowest BCUT2D eigenvalue weighted by atomic mass is 10.2. The molecule has 1 unspecified atom stereocenters. The summed E-state index contributed by atoms with van der Waals surface area (Å²) in [6.07, 6.45) is 4.28. The molecule has 0 bridgehead atoms. The van der Waals surface area contributed by atoms with E-state index in [2.05, 4.69) is 17.2 Å². The third-order valence-electron chi connectivity index (χ3n) is 2.51. The molecule has 0 radical (unpaired) electrons. The molecule has 0 spiro atoms. The van der Waals surface area contributed by atoms with Crippen LogP contribution in [0.4, 0.5) is 5.69 Å². The maximum atomic E-state index is 5.88. The third kappa shape index (κ3) is 3.24. The number of pyridine rings is 1. The lowest BCUT2D eigenvalue weighted by Gasteiger charge is -2.14. The summed E-state index contributed by atoms with van der Waals surface area (Å²) in [5, 5.41) is 3.92. The summed E-state index contributed by atoms with van der Waals surface area (Å²) in [7, 11) is 0. The first kappa shape index (κ1) is 12.0. The fourth-order valence-corrected chi connectivity index (χ4v) is 1.81. The van der Waals surface area contributed by atoms with Crippen molar-refractivity contribution in [2.75, 3.05) is 5.32 Å². The SMILES string of the molecule is Cc1cc(NC(C)Cc2ccco2)cnc1Cl. The summed E-state index contributed by atoms with van der Waals surface area (Å²) in [6.45, 7) is 4.05. The third-order valence-corrected chi connectivity index (χ3v) is 2.91. The standard InChI is InChI=1S/C13H15ClN2O/c1-9-6-11(8-15-13(9)14)16-10(2)7-12-4-3-5-17-12/h3-6,8,10,16H,7H2,1-2H3. The van der Waals surface area contributed by atoms with E-state index in [1.54, 1.807) is 12.5 Å². The van der Waals surface area contributed by atoms with Gasteiger partial charge in [0.25, 0.3) is 0 Å². The summed E-state index contributed by atoms with van der Waals surface area (Å²) in [4.78, 5) is 4.11. The Labute approximate surface area is 106 Å². The Kier molecular flexibility index (Phi) is 3.69. The molecule has 2 rings (SSSR count). The van der Waals surface area contributed by atoms with Crippen LogP contribution in [0.1, 0.15) is 18.2 Å². The molecule has 2 heterocycles. The topological polar surface area (TPSA) is 38.1 Å². The van der Waals surface area contributed by atoms with E-state index in [0.717, 1.165) is 23.4 Å². The molecule has 1 N–H and O–H groups in total. The van der Waals surface area contributed by atoms with Gasteiger partial charge in [-0.05, 0) is 37.6 Å². The second kappa shape index (κ2) is 5.23. The van der Waals surface area contributed by atoms with E-state index < -0.39 is 0 Å². The molecule has 3 nitrogen and oxygen atoms in total. The first-order valence-electron chi connectivity index (χ1n) is 5.56. The highest BCUT2D eigenvalue weighted by molar-refractivity contribution is 6.30. The Morgan fingerprint density at radius 3 is 3.00 bits per heavy atom. The molecule has 4 heteroatoms. The number of furan rings is 1. The van der Waals surface area contributed by atoms with Gasteiger partial charge in [0.2, 0.25) is 0 Å². The van der Waals surface area contributed by atoms with Crippen LogP contribution in [0.5, 0.6) is 0 Å². The first-order chi connectivity index (χ1) is 8.15. The van der Waals surface area contributed by atoms with Crippen molar-refractivity contribution in [3.05, 3.63) is 47.1 Å². The van der Waals surface area contributed by atoms with Crippen molar-refractivity contribution in [2.45, 2.75) is 26.3 Å². The van der Waals surface area contributed by atoms with Gasteiger partial charge in [0.15, 0.2) is 0 Å². The fraction of sp³-hybridized carbons (Fsp3) is 0.308. The predicted molar refractivity (Wildman–Crippen MR) is 69.5 cm³/mol.